The zero-order valence-corrected chi connectivity index (χ0v) is 18.7. The fourth-order valence-corrected chi connectivity index (χ4v) is 3.78. The molecule has 2 atom stereocenters. The quantitative estimate of drug-likeness (QED) is 0.436. The van der Waals surface area contributed by atoms with Crippen LogP contribution in [-0.4, -0.2) is 37.5 Å². The van der Waals surface area contributed by atoms with Gasteiger partial charge in [-0.05, 0) is 54.3 Å². The first-order chi connectivity index (χ1) is 14.0. The Morgan fingerprint density at radius 1 is 1.37 bits per heavy atom. The molecule has 0 aliphatic heterocycles. The van der Waals surface area contributed by atoms with Crippen molar-refractivity contribution in [3.05, 3.63) is 54.5 Å². The van der Waals surface area contributed by atoms with Gasteiger partial charge in [-0.15, -0.1) is 5.10 Å². The second-order valence-electron chi connectivity index (χ2n) is 7.76. The predicted molar refractivity (Wildman–Crippen MR) is 115 cm³/mol. The van der Waals surface area contributed by atoms with Crippen LogP contribution in [0.15, 0.2) is 30.5 Å². The molecule has 1 aromatic carbocycles. The van der Waals surface area contributed by atoms with E-state index in [0.29, 0.717) is 6.42 Å². The van der Waals surface area contributed by atoms with Gasteiger partial charge in [0.25, 0.3) is 0 Å². The van der Waals surface area contributed by atoms with Gasteiger partial charge in [0.2, 0.25) is 0 Å². The molecular formula is C22H27LiN4O2S-2. The van der Waals surface area contributed by atoms with Crippen LogP contribution in [-0.2, 0) is 11.2 Å². The topological polar surface area (TPSA) is 80.9 Å². The van der Waals surface area contributed by atoms with Crippen LogP contribution in [0.4, 0.5) is 0 Å². The summed E-state index contributed by atoms with van der Waals surface area (Å²) in [7, 11) is 0. The maximum Gasteiger partial charge on any atom is 1.00 e. The van der Waals surface area contributed by atoms with Gasteiger partial charge in [-0.25, -0.2) is 6.29 Å². The van der Waals surface area contributed by atoms with Gasteiger partial charge in [0.1, 0.15) is 0 Å². The number of thiazole rings is 1. The van der Waals surface area contributed by atoms with Crippen LogP contribution in [0.3, 0.4) is 0 Å². The number of aliphatic hydroxyl groups is 1. The Morgan fingerprint density at radius 2 is 2.10 bits per heavy atom. The first kappa shape index (κ1) is 24.6. The minimum absolute atomic E-state index is 0. The molecule has 4 rings (SSSR count). The fraction of sp³-hybridized carbons (Fsp3) is 0.455. The molecule has 0 unspecified atom stereocenters. The van der Waals surface area contributed by atoms with Gasteiger partial charge in [0, 0.05) is 6.20 Å². The first-order valence-electron chi connectivity index (χ1n) is 9.94. The van der Waals surface area contributed by atoms with Crippen LogP contribution in [0.1, 0.15) is 49.9 Å². The summed E-state index contributed by atoms with van der Waals surface area (Å²) in [4.78, 5) is 15.2. The summed E-state index contributed by atoms with van der Waals surface area (Å²) in [5, 5.41) is 18.1. The molecule has 0 amide bonds. The Hall–Kier alpha value is -1.65. The van der Waals surface area contributed by atoms with Gasteiger partial charge in [-0.1, -0.05) is 37.3 Å². The SMILES string of the molecule is CC(C)[C@@H]([C-]=O)n1cc(CC2CC2)nn1.[CH2-][C@H](O)C[CH-]c1nc2ccccc2s1.[Li+]. The van der Waals surface area contributed by atoms with Crippen molar-refractivity contribution < 1.29 is 28.8 Å². The van der Waals surface area contributed by atoms with Gasteiger partial charge in [0.05, 0.1) is 15.9 Å². The van der Waals surface area contributed by atoms with Crippen molar-refractivity contribution in [1.29, 1.82) is 0 Å². The maximum atomic E-state index is 10.8. The molecule has 0 saturated heterocycles. The smallest absolute Gasteiger partial charge is 0.540 e. The fourth-order valence-electron chi connectivity index (χ4n) is 2.87. The number of carbonyl (C=O) groups excluding carboxylic acids is 1. The minimum atomic E-state index is -0.540. The zero-order chi connectivity index (χ0) is 20.8. The first-order valence-corrected chi connectivity index (χ1v) is 10.8. The number of benzene rings is 1. The minimum Gasteiger partial charge on any atom is -0.540 e. The number of aromatic nitrogens is 4. The van der Waals surface area contributed by atoms with Crippen molar-refractivity contribution in [3.63, 3.8) is 0 Å². The molecule has 2 heterocycles. The molecule has 3 aromatic rings. The average Bonchev–Trinajstić information content (AvgIpc) is 3.22. The van der Waals surface area contributed by atoms with E-state index in [1.54, 1.807) is 16.0 Å². The third kappa shape index (κ3) is 7.24. The van der Waals surface area contributed by atoms with E-state index in [0.717, 1.165) is 28.6 Å². The molecule has 6 nitrogen and oxygen atoms in total. The van der Waals surface area contributed by atoms with Crippen LogP contribution in [0.25, 0.3) is 10.2 Å². The number of para-hydroxylation sites is 1. The number of rotatable bonds is 8. The largest absolute Gasteiger partial charge is 1.00 e. The van der Waals surface area contributed by atoms with E-state index in [9.17, 15) is 4.79 Å². The summed E-state index contributed by atoms with van der Waals surface area (Å²) in [6, 6.07) is 7.71. The second kappa shape index (κ2) is 11.7. The van der Waals surface area contributed by atoms with E-state index in [1.807, 2.05) is 57.0 Å². The second-order valence-corrected chi connectivity index (χ2v) is 8.82. The van der Waals surface area contributed by atoms with Crippen molar-refractivity contribution in [2.75, 3.05) is 0 Å². The van der Waals surface area contributed by atoms with E-state index in [-0.39, 0.29) is 30.8 Å². The molecule has 0 bridgehead atoms. The molecule has 1 fully saturated rings. The van der Waals surface area contributed by atoms with Gasteiger partial charge in [0.15, 0.2) is 0 Å². The van der Waals surface area contributed by atoms with Crippen LogP contribution < -0.4 is 18.9 Å². The maximum absolute atomic E-state index is 10.8. The average molecular weight is 418 g/mol. The van der Waals surface area contributed by atoms with Gasteiger partial charge in [-0.3, -0.25) is 9.67 Å². The Labute approximate surface area is 194 Å². The summed E-state index contributed by atoms with van der Waals surface area (Å²) in [5.74, 6) is 1.01. The van der Waals surface area contributed by atoms with Crippen molar-refractivity contribution >= 4 is 27.8 Å². The monoisotopic (exact) mass is 418 g/mol. The molecule has 1 saturated carbocycles. The molecule has 0 spiro atoms. The summed E-state index contributed by atoms with van der Waals surface area (Å²) >= 11 is 1.63. The number of hydrogen-bond acceptors (Lipinski definition) is 6. The van der Waals surface area contributed by atoms with E-state index >= 15 is 0 Å². The normalized spacial score (nSPS) is 15.1. The zero-order valence-electron chi connectivity index (χ0n) is 17.9. The van der Waals surface area contributed by atoms with Gasteiger partial charge >= 0.3 is 18.9 Å². The number of nitrogens with zero attached hydrogens (tertiary/aromatic N) is 4. The van der Waals surface area contributed by atoms with E-state index in [2.05, 4.69) is 22.2 Å². The van der Waals surface area contributed by atoms with E-state index in [4.69, 9.17) is 5.11 Å². The molecule has 1 aliphatic rings. The molecule has 1 N–H and O–H groups in total. The van der Waals surface area contributed by atoms with E-state index < -0.39 is 6.10 Å². The Morgan fingerprint density at radius 3 is 2.70 bits per heavy atom. The standard InChI is InChI=1S/C11H16N3O.C11H11NOS.Li/c1-8(2)11(7-15)14-6-10(12-13-14)5-9-3-4-9;1-8(13)6-7-11-12-9-4-2-3-5-10(9)14-11;/h6,8-9,11H,3-5H2,1-2H3;2-5,7-8,13H,1,6H2;/q-1;-2;+1/t11-;8-;/m10./s1. The molecule has 156 valence electrons. The van der Waals surface area contributed by atoms with Crippen molar-refractivity contribution in [2.24, 2.45) is 11.8 Å². The third-order valence-corrected chi connectivity index (χ3v) is 5.70. The van der Waals surface area contributed by atoms with Crippen molar-refractivity contribution in [3.8, 4) is 0 Å². The molecule has 2 aromatic heterocycles. The molecule has 8 heteroatoms. The van der Waals surface area contributed by atoms with Gasteiger partial charge in [-0.2, -0.15) is 17.8 Å². The predicted octanol–water partition coefficient (Wildman–Crippen LogP) is 0.975. The van der Waals surface area contributed by atoms with Crippen LogP contribution in [0.5, 0.6) is 0 Å². The molecular weight excluding hydrogens is 391 g/mol. The number of fused-ring (bicyclic) bond motifs is 1. The van der Waals surface area contributed by atoms with E-state index in [1.165, 1.54) is 17.5 Å². The van der Waals surface area contributed by atoms with Crippen molar-refractivity contribution in [2.45, 2.75) is 51.7 Å². The van der Waals surface area contributed by atoms with Crippen LogP contribution in [0.2, 0.25) is 0 Å². The van der Waals surface area contributed by atoms with Gasteiger partial charge < -0.3 is 23.2 Å². The summed E-state index contributed by atoms with van der Waals surface area (Å²) in [5.41, 5.74) is 2.01. The number of aliphatic hydroxyl groups excluding tert-OH is 1. The molecule has 0 radical (unpaired) electrons. The third-order valence-electron chi connectivity index (χ3n) is 4.66. The Bertz CT molecular complexity index is 888. The van der Waals surface area contributed by atoms with Crippen molar-refractivity contribution in [1.82, 2.24) is 20.0 Å². The number of hydrogen-bond donors (Lipinski definition) is 1. The van der Waals surface area contributed by atoms with Crippen LogP contribution >= 0.6 is 11.3 Å². The Kier molecular flexibility index (Phi) is 9.57. The summed E-state index contributed by atoms with van der Waals surface area (Å²) in [6.45, 7) is 7.48. The van der Waals surface area contributed by atoms with Crippen LogP contribution in [0, 0.1) is 25.2 Å². The Balaban J connectivity index is 0.000000207. The molecule has 30 heavy (non-hydrogen) atoms. The summed E-state index contributed by atoms with van der Waals surface area (Å²) in [6.07, 6.45) is 9.44. The summed E-state index contributed by atoms with van der Waals surface area (Å²) < 4.78 is 2.81. The molecule has 1 aliphatic carbocycles.